The molecule has 0 atom stereocenters. The molecule has 14 aliphatic carbocycles. The topological polar surface area (TPSA) is 206 Å². The fourth-order valence-electron chi connectivity index (χ4n) is 21.7. The Morgan fingerprint density at radius 2 is 0.357 bits per heavy atom. The zero-order valence-electron chi connectivity index (χ0n) is 103. The second-order valence-corrected chi connectivity index (χ2v) is 43.7. The van der Waals surface area contributed by atoms with Gasteiger partial charge < -0.3 is 35.8 Å². The molecular weight excluding hydrogens is 1730 g/mol. The van der Waals surface area contributed by atoms with Crippen molar-refractivity contribution in [3.8, 4) is 0 Å². The quantitative estimate of drug-likeness (QED) is 0.110. The van der Waals surface area contributed by atoms with E-state index in [1.807, 2.05) is 180 Å². The minimum absolute atomic E-state index is 0.0180. The Bertz CT molecular complexity index is 2280. The lowest BCUT2D eigenvalue weighted by molar-refractivity contribution is -0.150. The molecule has 0 aromatic carbocycles. The van der Waals surface area contributed by atoms with Crippen LogP contribution in [0, 0.1) is 147 Å². The van der Waals surface area contributed by atoms with Crippen molar-refractivity contribution in [1.29, 1.82) is 0 Å². The Morgan fingerprint density at radius 1 is 0.229 bits per heavy atom. The summed E-state index contributed by atoms with van der Waals surface area (Å²) in [6.07, 6.45) is 58.4. The summed E-state index contributed by atoms with van der Waals surface area (Å²) in [6.45, 7) is 93.2. The van der Waals surface area contributed by atoms with Crippen LogP contribution in [0.1, 0.15) is 586 Å². The highest BCUT2D eigenvalue weighted by molar-refractivity contribution is 5.80. The highest BCUT2D eigenvalue weighted by Crippen LogP contribution is 2.66. The fourth-order valence-corrected chi connectivity index (χ4v) is 21.7. The van der Waals surface area contributed by atoms with Crippen molar-refractivity contribution < 1.29 is 48.1 Å². The maximum Gasteiger partial charge on any atom is 0.308 e. The molecule has 0 spiro atoms. The third-order valence-electron chi connectivity index (χ3n) is 31.1. The van der Waals surface area contributed by atoms with E-state index in [0.29, 0.717) is 42.3 Å². The maximum absolute atomic E-state index is 11.4. The second-order valence-electron chi connectivity index (χ2n) is 43.7. The summed E-state index contributed by atoms with van der Waals surface area (Å²) in [5, 5.41) is 20.2. The second kappa shape index (κ2) is 99.9. The zero-order chi connectivity index (χ0) is 109. The van der Waals surface area contributed by atoms with Crippen molar-refractivity contribution in [2.24, 2.45) is 147 Å². The molecule has 4 amide bonds. The summed E-state index contributed by atoms with van der Waals surface area (Å²) in [5.74, 6) is 17.2. The van der Waals surface area contributed by atoms with Crippen LogP contribution in [0.15, 0.2) is 0 Å². The van der Waals surface area contributed by atoms with E-state index >= 15 is 0 Å². The fraction of sp³-hybridized carbons (Fsp3) is 0.944. The summed E-state index contributed by atoms with van der Waals surface area (Å²) in [4.78, 5) is 78.6. The Hall–Kier alpha value is -3.71. The van der Waals surface area contributed by atoms with Gasteiger partial charge in [0.25, 0.3) is 0 Å². The predicted molar refractivity (Wildman–Crippen MR) is 617 cm³/mol. The largest absolute Gasteiger partial charge is 0.481 e. The number of aliphatic carboxylic acids is 1. The number of carbonyl (C=O) groups is 7. The first kappa shape index (κ1) is 152. The summed E-state index contributed by atoms with van der Waals surface area (Å²) in [7, 11) is 0. The average molecular weight is 1990 g/mol. The van der Waals surface area contributed by atoms with E-state index in [0.717, 1.165) is 229 Å². The molecule has 14 aliphatic rings. The molecule has 14 rings (SSSR count). The van der Waals surface area contributed by atoms with Crippen molar-refractivity contribution >= 4 is 41.5 Å². The normalized spacial score (nSPS) is 30.1. The van der Waals surface area contributed by atoms with E-state index < -0.39 is 5.97 Å². The summed E-state index contributed by atoms with van der Waals surface area (Å²) in [6, 6.07) is 0. The molecule has 0 aromatic heterocycles. The van der Waals surface area contributed by atoms with Gasteiger partial charge in [0.15, 0.2) is 0 Å². The van der Waals surface area contributed by atoms with E-state index in [1.54, 1.807) is 38.5 Å². The Morgan fingerprint density at radius 3 is 0.479 bits per heavy atom. The zero-order valence-corrected chi connectivity index (χ0v) is 103. The molecule has 0 saturated heterocycles. The first-order valence-corrected chi connectivity index (χ1v) is 61.6. The highest BCUT2D eigenvalue weighted by atomic mass is 16.5. The number of esters is 2. The van der Waals surface area contributed by atoms with Crippen LogP contribution in [-0.4, -0.2) is 86.0 Å². The van der Waals surface area contributed by atoms with Crippen molar-refractivity contribution in [2.75, 3.05) is 39.4 Å². The molecule has 14 heteroatoms. The highest BCUT2D eigenvalue weighted by Gasteiger charge is 2.55. The van der Waals surface area contributed by atoms with Crippen molar-refractivity contribution in [2.45, 2.75) is 586 Å². The number of hydrogen-bond acceptors (Lipinski definition) is 9. The average Bonchev–Trinajstić information content (AvgIpc) is 0.729. The number of carbonyl (C=O) groups excluding carboxylic acids is 6. The van der Waals surface area contributed by atoms with Gasteiger partial charge in [-0.3, -0.25) is 33.6 Å². The molecule has 0 aromatic rings. The molecule has 0 unspecified atom stereocenters. The number of rotatable bonds is 13. The summed E-state index contributed by atoms with van der Waals surface area (Å²) < 4.78 is 9.96. The van der Waals surface area contributed by atoms with E-state index in [4.69, 9.17) is 14.6 Å². The summed E-state index contributed by atoms with van der Waals surface area (Å²) in [5.41, 5.74) is 1.30. The molecule has 842 valence electrons. The van der Waals surface area contributed by atoms with Gasteiger partial charge in [-0.1, -0.05) is 326 Å². The lowest BCUT2D eigenvalue weighted by Gasteiger charge is -2.62. The van der Waals surface area contributed by atoms with Gasteiger partial charge in [-0.05, 0) is 365 Å². The minimum atomic E-state index is -0.605. The molecule has 0 radical (unpaired) electrons. The predicted octanol–water partition coefficient (Wildman–Crippen LogP) is 37.5. The molecule has 0 heterocycles. The van der Waals surface area contributed by atoms with Gasteiger partial charge in [0, 0.05) is 49.9 Å². The molecule has 0 aliphatic heterocycles. The van der Waals surface area contributed by atoms with E-state index in [9.17, 15) is 33.6 Å². The van der Waals surface area contributed by atoms with Crippen LogP contribution in [0.25, 0.3) is 0 Å². The Kier molecular flexibility index (Phi) is 108. The molecule has 4 bridgehead atoms. The molecule has 14 fully saturated rings. The molecule has 14 nitrogen and oxygen atoms in total. The van der Waals surface area contributed by atoms with Gasteiger partial charge in [0.1, 0.15) is 0 Å². The van der Waals surface area contributed by atoms with Crippen LogP contribution in [0.3, 0.4) is 0 Å². The van der Waals surface area contributed by atoms with Crippen LogP contribution in [-0.2, 0) is 43.0 Å². The first-order valence-electron chi connectivity index (χ1n) is 61.6. The van der Waals surface area contributed by atoms with Crippen LogP contribution in [0.5, 0.6) is 0 Å². The number of amides is 4. The number of ether oxygens (including phenoxy) is 2. The van der Waals surface area contributed by atoms with Gasteiger partial charge in [0.05, 0.1) is 31.0 Å². The van der Waals surface area contributed by atoms with Gasteiger partial charge in [0.2, 0.25) is 23.6 Å². The standard InChI is InChI=1S/C14H24.4C10H19NO.2C10H18O2.C8H14O2.3C8H16.10C2H6/c1-13(2,3)14-7-10-4-11(8-14)6-12(5-10)9-14;4*1-3-11-10(12)9-6-4-8(2)5-7-9;2*1-3-12-10(11)9-6-4-8(2)5-7-9;1-6-2-4-7(5-3-6)8(9)10;3*1-7-3-5-8(2)6-4-7;10*1-2/h10-12H,4-9H2,1-3H3;4*8-9H,3-7H2,1-2H3,(H,11,12);2*8-9H,3-7H2,1-2H3;6-7H,2-5H2,1H3,(H,9,10);3*7-8H,3-6H2,1-2H3;10*1-2H3. The van der Waals surface area contributed by atoms with Crippen molar-refractivity contribution in [1.82, 2.24) is 21.3 Å². The monoisotopic (exact) mass is 1990 g/mol. The minimum Gasteiger partial charge on any atom is -0.481 e. The summed E-state index contributed by atoms with van der Waals surface area (Å²) >= 11 is 0. The molecule has 140 heavy (non-hydrogen) atoms. The third-order valence-corrected chi connectivity index (χ3v) is 31.1. The number of hydrogen-bond donors (Lipinski definition) is 5. The van der Waals surface area contributed by atoms with Gasteiger partial charge >= 0.3 is 17.9 Å². The lowest BCUT2D eigenvalue weighted by atomic mass is 9.43. The van der Waals surface area contributed by atoms with Crippen molar-refractivity contribution in [3.63, 3.8) is 0 Å². The van der Waals surface area contributed by atoms with Gasteiger partial charge in [-0.15, -0.1) is 0 Å². The first-order chi connectivity index (χ1) is 67.0. The van der Waals surface area contributed by atoms with E-state index in [1.165, 1.54) is 154 Å². The Balaban J connectivity index is -0.000000225. The lowest BCUT2D eigenvalue weighted by Crippen LogP contribution is -2.51. The van der Waals surface area contributed by atoms with Gasteiger partial charge in [-0.2, -0.15) is 0 Å². The van der Waals surface area contributed by atoms with E-state index in [-0.39, 0.29) is 53.3 Å². The number of nitrogens with one attached hydrogen (secondary N) is 4. The Labute approximate surface area is 878 Å². The molecule has 5 N–H and O–H groups in total. The van der Waals surface area contributed by atoms with Crippen LogP contribution in [0.4, 0.5) is 0 Å². The smallest absolute Gasteiger partial charge is 0.308 e. The van der Waals surface area contributed by atoms with Crippen LogP contribution >= 0.6 is 0 Å². The third kappa shape index (κ3) is 75.1. The van der Waals surface area contributed by atoms with E-state index in [2.05, 4.69) is 132 Å². The number of carboxylic acids is 1. The van der Waals surface area contributed by atoms with Gasteiger partial charge in [-0.25, -0.2) is 0 Å². The molecule has 14 saturated carbocycles. The van der Waals surface area contributed by atoms with Crippen molar-refractivity contribution in [3.05, 3.63) is 0 Å². The van der Waals surface area contributed by atoms with Crippen LogP contribution in [0.2, 0.25) is 0 Å². The van der Waals surface area contributed by atoms with Crippen LogP contribution < -0.4 is 21.3 Å². The SMILES string of the molecule is CC.CC.CC.CC.CC.CC.CC.CC.CC.CC.CC(C)(C)C12CC3CC(CC(C3)C1)C2.CC1CCC(C(=O)O)CC1.CC1CCC(C)CC1.CC1CCC(C)CC1.CC1CCC(C)CC1.CCNC(=O)C1CCC(C)CC1.CCNC(=O)C1CCC(C)CC1.CCNC(=O)C1CCC(C)CC1.CCNC(=O)C1CCC(C)CC1.CCOC(=O)C1CCC(C)CC1.CCOC(=O)C1CCC(C)CC1. The molecular formula is C126H258N4O10. The maximum atomic E-state index is 11.4. The number of carboxylic acid groups (broad SMARTS) is 1.